The summed E-state index contributed by atoms with van der Waals surface area (Å²) in [6.07, 6.45) is 1.48. The van der Waals surface area contributed by atoms with Gasteiger partial charge in [0.05, 0.1) is 0 Å². The van der Waals surface area contributed by atoms with Gasteiger partial charge in [-0.3, -0.25) is 4.72 Å². The smallest absolute Gasteiger partial charge is 0.255 e. The average molecular weight is 290 g/mol. The zero-order chi connectivity index (χ0) is 13.3. The lowest BCUT2D eigenvalue weighted by atomic mass is 10.3. The SMILES string of the molecule is Cc1cnc(NS(=O)(=O)c2cc(F)ccc2F)s1. The Morgan fingerprint density at radius 3 is 2.67 bits per heavy atom. The molecule has 0 fully saturated rings. The lowest BCUT2D eigenvalue weighted by molar-refractivity contribution is 0.555. The second-order valence-electron chi connectivity index (χ2n) is 3.46. The van der Waals surface area contributed by atoms with Crippen molar-refractivity contribution in [2.45, 2.75) is 11.8 Å². The van der Waals surface area contributed by atoms with Gasteiger partial charge in [-0.1, -0.05) is 0 Å². The van der Waals surface area contributed by atoms with E-state index in [1.54, 1.807) is 6.92 Å². The summed E-state index contributed by atoms with van der Waals surface area (Å²) in [6.45, 7) is 1.75. The Labute approximate surface area is 106 Å². The number of nitrogens with one attached hydrogen (secondary N) is 1. The molecule has 0 aliphatic heterocycles. The molecule has 0 bridgehead atoms. The maximum Gasteiger partial charge on any atom is 0.266 e. The van der Waals surface area contributed by atoms with Crippen LogP contribution in [0.25, 0.3) is 0 Å². The van der Waals surface area contributed by atoms with Gasteiger partial charge in [0.25, 0.3) is 10.0 Å². The van der Waals surface area contributed by atoms with Crippen molar-refractivity contribution in [3.8, 4) is 0 Å². The van der Waals surface area contributed by atoms with E-state index in [-0.39, 0.29) is 5.13 Å². The van der Waals surface area contributed by atoms with Gasteiger partial charge in [0.1, 0.15) is 16.5 Å². The van der Waals surface area contributed by atoms with E-state index in [0.717, 1.165) is 28.3 Å². The van der Waals surface area contributed by atoms with Crippen LogP contribution in [0.15, 0.2) is 29.3 Å². The number of nitrogens with zero attached hydrogens (tertiary/aromatic N) is 1. The van der Waals surface area contributed by atoms with Crippen LogP contribution in [0.3, 0.4) is 0 Å². The van der Waals surface area contributed by atoms with Crippen molar-refractivity contribution in [2.24, 2.45) is 0 Å². The molecule has 1 aromatic heterocycles. The number of hydrogen-bond donors (Lipinski definition) is 1. The molecule has 2 rings (SSSR count). The monoisotopic (exact) mass is 290 g/mol. The normalized spacial score (nSPS) is 11.5. The first-order valence-electron chi connectivity index (χ1n) is 4.79. The third-order valence-electron chi connectivity index (χ3n) is 2.03. The number of hydrogen-bond acceptors (Lipinski definition) is 4. The van der Waals surface area contributed by atoms with E-state index in [2.05, 4.69) is 9.71 Å². The highest BCUT2D eigenvalue weighted by Crippen LogP contribution is 2.22. The van der Waals surface area contributed by atoms with Gasteiger partial charge in [0.2, 0.25) is 0 Å². The van der Waals surface area contributed by atoms with Crippen LogP contribution >= 0.6 is 11.3 Å². The molecule has 1 aromatic carbocycles. The number of anilines is 1. The number of aromatic nitrogens is 1. The van der Waals surface area contributed by atoms with Crippen molar-refractivity contribution < 1.29 is 17.2 Å². The van der Waals surface area contributed by atoms with Crippen LogP contribution in [0.4, 0.5) is 13.9 Å². The fraction of sp³-hybridized carbons (Fsp3) is 0.100. The van der Waals surface area contributed by atoms with Crippen molar-refractivity contribution in [3.63, 3.8) is 0 Å². The fourth-order valence-corrected chi connectivity index (χ4v) is 3.25. The number of aryl methyl sites for hydroxylation is 1. The van der Waals surface area contributed by atoms with E-state index in [4.69, 9.17) is 0 Å². The summed E-state index contributed by atoms with van der Waals surface area (Å²) in [4.78, 5) is 3.85. The molecule has 2 aromatic rings. The molecule has 0 spiro atoms. The Kier molecular flexibility index (Phi) is 3.31. The van der Waals surface area contributed by atoms with E-state index in [0.29, 0.717) is 6.07 Å². The molecule has 0 saturated heterocycles. The van der Waals surface area contributed by atoms with Gasteiger partial charge in [-0.05, 0) is 25.1 Å². The minimum absolute atomic E-state index is 0.108. The summed E-state index contributed by atoms with van der Waals surface area (Å²) < 4.78 is 52.1. The molecule has 0 amide bonds. The summed E-state index contributed by atoms with van der Waals surface area (Å²) in [5, 5.41) is 0.108. The zero-order valence-corrected chi connectivity index (χ0v) is 10.8. The Hall–Kier alpha value is -1.54. The highest BCUT2D eigenvalue weighted by atomic mass is 32.2. The largest absolute Gasteiger partial charge is 0.266 e. The Morgan fingerprint density at radius 2 is 2.06 bits per heavy atom. The predicted molar refractivity (Wildman–Crippen MR) is 64.0 cm³/mol. The first-order valence-corrected chi connectivity index (χ1v) is 7.09. The molecular weight excluding hydrogens is 282 g/mol. The summed E-state index contributed by atoms with van der Waals surface area (Å²) in [6, 6.07) is 2.23. The fourth-order valence-electron chi connectivity index (χ4n) is 1.25. The number of rotatable bonds is 3. The molecule has 0 radical (unpaired) electrons. The first-order chi connectivity index (χ1) is 8.38. The summed E-state index contributed by atoms with van der Waals surface area (Å²) in [5.74, 6) is -1.84. The van der Waals surface area contributed by atoms with Crippen molar-refractivity contribution in [1.29, 1.82) is 0 Å². The average Bonchev–Trinajstić information content (AvgIpc) is 2.66. The molecule has 1 N–H and O–H groups in total. The molecular formula is C10H8F2N2O2S2. The molecule has 96 valence electrons. The molecule has 0 aliphatic rings. The van der Waals surface area contributed by atoms with E-state index in [1.807, 2.05) is 0 Å². The maximum atomic E-state index is 13.4. The second kappa shape index (κ2) is 4.62. The number of sulfonamides is 1. The standard InChI is InChI=1S/C10H8F2N2O2S2/c1-6-5-13-10(17-6)14-18(15,16)9-4-7(11)2-3-8(9)12/h2-5H,1H3,(H,13,14). The van der Waals surface area contributed by atoms with Crippen LogP contribution in [0, 0.1) is 18.6 Å². The lowest BCUT2D eigenvalue weighted by Gasteiger charge is -2.06. The first kappa shape index (κ1) is 12.9. The van der Waals surface area contributed by atoms with Crippen LogP contribution in [0.2, 0.25) is 0 Å². The minimum atomic E-state index is -4.17. The molecule has 0 saturated carbocycles. The van der Waals surface area contributed by atoms with Gasteiger partial charge in [-0.15, -0.1) is 11.3 Å². The lowest BCUT2D eigenvalue weighted by Crippen LogP contribution is -2.14. The molecule has 8 heteroatoms. The van der Waals surface area contributed by atoms with Crippen LogP contribution in [-0.4, -0.2) is 13.4 Å². The number of halogens is 2. The van der Waals surface area contributed by atoms with Crippen LogP contribution in [0.5, 0.6) is 0 Å². The van der Waals surface area contributed by atoms with Crippen molar-refractivity contribution in [1.82, 2.24) is 4.98 Å². The summed E-state index contributed by atoms with van der Waals surface area (Å²) in [5.41, 5.74) is 0. The van der Waals surface area contributed by atoms with Crippen molar-refractivity contribution in [2.75, 3.05) is 4.72 Å². The molecule has 1 heterocycles. The van der Waals surface area contributed by atoms with Gasteiger partial charge in [0.15, 0.2) is 5.13 Å². The van der Waals surface area contributed by atoms with E-state index in [1.165, 1.54) is 6.20 Å². The van der Waals surface area contributed by atoms with Gasteiger partial charge in [-0.25, -0.2) is 22.2 Å². The van der Waals surface area contributed by atoms with Crippen LogP contribution in [0.1, 0.15) is 4.88 Å². The predicted octanol–water partition coefficient (Wildman–Crippen LogP) is 2.53. The number of thiazole rings is 1. The summed E-state index contributed by atoms with van der Waals surface area (Å²) in [7, 11) is -4.17. The highest BCUT2D eigenvalue weighted by Gasteiger charge is 2.21. The zero-order valence-electron chi connectivity index (χ0n) is 9.15. The Balaban J connectivity index is 2.39. The maximum absolute atomic E-state index is 13.4. The topological polar surface area (TPSA) is 59.1 Å². The van der Waals surface area contributed by atoms with Crippen LogP contribution < -0.4 is 4.72 Å². The minimum Gasteiger partial charge on any atom is -0.255 e. The van der Waals surface area contributed by atoms with Gasteiger partial charge >= 0.3 is 0 Å². The third-order valence-corrected chi connectivity index (χ3v) is 4.34. The number of benzene rings is 1. The van der Waals surface area contributed by atoms with Crippen LogP contribution in [-0.2, 0) is 10.0 Å². The molecule has 4 nitrogen and oxygen atoms in total. The van der Waals surface area contributed by atoms with Crippen molar-refractivity contribution in [3.05, 3.63) is 40.9 Å². The Bertz CT molecular complexity index is 683. The van der Waals surface area contributed by atoms with Gasteiger partial charge in [0, 0.05) is 11.1 Å². The summed E-state index contributed by atoms with van der Waals surface area (Å²) >= 11 is 1.10. The van der Waals surface area contributed by atoms with Crippen molar-refractivity contribution >= 4 is 26.5 Å². The highest BCUT2D eigenvalue weighted by molar-refractivity contribution is 7.93. The molecule has 0 atom stereocenters. The van der Waals surface area contributed by atoms with E-state index >= 15 is 0 Å². The molecule has 18 heavy (non-hydrogen) atoms. The van der Waals surface area contributed by atoms with Gasteiger partial charge < -0.3 is 0 Å². The van der Waals surface area contributed by atoms with E-state index in [9.17, 15) is 17.2 Å². The Morgan fingerprint density at radius 1 is 1.33 bits per heavy atom. The molecule has 0 aliphatic carbocycles. The quantitative estimate of drug-likeness (QED) is 0.945. The molecule has 0 unspecified atom stereocenters. The van der Waals surface area contributed by atoms with Gasteiger partial charge in [-0.2, -0.15) is 0 Å². The second-order valence-corrected chi connectivity index (χ2v) is 6.34. The third kappa shape index (κ3) is 2.65. The van der Waals surface area contributed by atoms with E-state index < -0.39 is 26.6 Å².